The first-order valence-corrected chi connectivity index (χ1v) is 8.80. The third kappa shape index (κ3) is 4.05. The van der Waals surface area contributed by atoms with E-state index in [4.69, 9.17) is 0 Å². The van der Waals surface area contributed by atoms with E-state index in [1.165, 1.54) is 11.1 Å². The maximum atomic E-state index is 12.8. The summed E-state index contributed by atoms with van der Waals surface area (Å²) in [5.74, 6) is -0.357. The SMILES string of the molecule is CCCCNC(=O)c1cccc(C(=O)N2CCc3ccccc3C2)n1. The Labute approximate surface area is 148 Å². The van der Waals surface area contributed by atoms with Crippen LogP contribution in [-0.4, -0.2) is 34.8 Å². The van der Waals surface area contributed by atoms with Gasteiger partial charge in [0, 0.05) is 19.6 Å². The van der Waals surface area contributed by atoms with Gasteiger partial charge >= 0.3 is 0 Å². The molecule has 130 valence electrons. The molecular formula is C20H23N3O2. The molecule has 2 amide bonds. The summed E-state index contributed by atoms with van der Waals surface area (Å²) in [5, 5.41) is 2.83. The van der Waals surface area contributed by atoms with Gasteiger partial charge in [-0.2, -0.15) is 0 Å². The minimum atomic E-state index is -0.230. The van der Waals surface area contributed by atoms with Crippen molar-refractivity contribution in [3.05, 3.63) is 65.0 Å². The largest absolute Gasteiger partial charge is 0.351 e. The molecular weight excluding hydrogens is 314 g/mol. The summed E-state index contributed by atoms with van der Waals surface area (Å²) in [6.45, 7) is 3.95. The van der Waals surface area contributed by atoms with Gasteiger partial charge in [0.15, 0.2) is 0 Å². The first kappa shape index (κ1) is 17.1. The van der Waals surface area contributed by atoms with E-state index in [2.05, 4.69) is 29.4 Å². The Morgan fingerprint density at radius 1 is 1.08 bits per heavy atom. The monoisotopic (exact) mass is 337 g/mol. The standard InChI is InChI=1S/C20H23N3O2/c1-2-3-12-21-19(24)17-9-6-10-18(22-17)20(25)23-13-11-15-7-4-5-8-16(15)14-23/h4-10H,2-3,11-14H2,1H3,(H,21,24). The molecule has 1 aliphatic rings. The summed E-state index contributed by atoms with van der Waals surface area (Å²) in [4.78, 5) is 31.0. The predicted octanol–water partition coefficient (Wildman–Crippen LogP) is 2.81. The molecule has 2 aromatic rings. The molecule has 1 aromatic carbocycles. The molecule has 0 atom stereocenters. The molecule has 5 nitrogen and oxygen atoms in total. The molecule has 0 spiro atoms. The number of unbranched alkanes of at least 4 members (excludes halogenated alkanes) is 1. The van der Waals surface area contributed by atoms with Crippen molar-refractivity contribution in [2.45, 2.75) is 32.7 Å². The van der Waals surface area contributed by atoms with Crippen LogP contribution >= 0.6 is 0 Å². The number of amides is 2. The second-order valence-electron chi connectivity index (χ2n) is 6.26. The summed E-state index contributed by atoms with van der Waals surface area (Å²) < 4.78 is 0. The van der Waals surface area contributed by atoms with Crippen molar-refractivity contribution in [3.63, 3.8) is 0 Å². The first-order chi connectivity index (χ1) is 12.2. The lowest BCUT2D eigenvalue weighted by Gasteiger charge is -2.28. The molecule has 0 bridgehead atoms. The van der Waals surface area contributed by atoms with Crippen molar-refractivity contribution in [3.8, 4) is 0 Å². The molecule has 0 saturated carbocycles. The fourth-order valence-corrected chi connectivity index (χ4v) is 2.98. The highest BCUT2D eigenvalue weighted by Crippen LogP contribution is 2.19. The van der Waals surface area contributed by atoms with Gasteiger partial charge in [0.05, 0.1) is 0 Å². The van der Waals surface area contributed by atoms with Gasteiger partial charge in [-0.1, -0.05) is 43.7 Å². The second-order valence-corrected chi connectivity index (χ2v) is 6.26. The molecule has 2 heterocycles. The number of fused-ring (bicyclic) bond motifs is 1. The van der Waals surface area contributed by atoms with E-state index in [1.54, 1.807) is 23.1 Å². The van der Waals surface area contributed by atoms with E-state index >= 15 is 0 Å². The Kier molecular flexibility index (Phi) is 5.43. The first-order valence-electron chi connectivity index (χ1n) is 8.80. The van der Waals surface area contributed by atoms with Gasteiger partial charge in [-0.3, -0.25) is 9.59 Å². The number of benzene rings is 1. The van der Waals surface area contributed by atoms with Gasteiger partial charge in [0.2, 0.25) is 0 Å². The van der Waals surface area contributed by atoms with Crippen molar-refractivity contribution >= 4 is 11.8 Å². The predicted molar refractivity (Wildman–Crippen MR) is 96.4 cm³/mol. The highest BCUT2D eigenvalue weighted by molar-refractivity contribution is 5.96. The third-order valence-corrected chi connectivity index (χ3v) is 4.43. The van der Waals surface area contributed by atoms with Crippen molar-refractivity contribution in [1.82, 2.24) is 15.2 Å². The van der Waals surface area contributed by atoms with Gasteiger partial charge in [-0.15, -0.1) is 0 Å². The molecule has 0 unspecified atom stereocenters. The number of aromatic nitrogens is 1. The zero-order valence-corrected chi connectivity index (χ0v) is 14.5. The maximum absolute atomic E-state index is 12.8. The molecule has 3 rings (SSSR count). The lowest BCUT2D eigenvalue weighted by atomic mass is 10.00. The highest BCUT2D eigenvalue weighted by atomic mass is 16.2. The second kappa shape index (κ2) is 7.92. The number of carbonyl (C=O) groups excluding carboxylic acids is 2. The summed E-state index contributed by atoms with van der Waals surface area (Å²) in [6, 6.07) is 13.2. The normalized spacial score (nSPS) is 13.2. The van der Waals surface area contributed by atoms with Crippen LogP contribution in [0.3, 0.4) is 0 Å². The van der Waals surface area contributed by atoms with Gasteiger partial charge < -0.3 is 10.2 Å². The zero-order chi connectivity index (χ0) is 17.6. The number of pyridine rings is 1. The quantitative estimate of drug-likeness (QED) is 0.854. The van der Waals surface area contributed by atoms with Gasteiger partial charge in [-0.25, -0.2) is 4.98 Å². The Balaban J connectivity index is 1.71. The maximum Gasteiger partial charge on any atom is 0.272 e. The minimum Gasteiger partial charge on any atom is -0.351 e. The van der Waals surface area contributed by atoms with Crippen LogP contribution in [0.2, 0.25) is 0 Å². The van der Waals surface area contributed by atoms with E-state index in [1.807, 2.05) is 12.1 Å². The van der Waals surface area contributed by atoms with Crippen molar-refractivity contribution in [2.24, 2.45) is 0 Å². The van der Waals surface area contributed by atoms with Crippen molar-refractivity contribution in [1.29, 1.82) is 0 Å². The Hall–Kier alpha value is -2.69. The van der Waals surface area contributed by atoms with Gasteiger partial charge in [0.25, 0.3) is 11.8 Å². The summed E-state index contributed by atoms with van der Waals surface area (Å²) in [5.41, 5.74) is 3.08. The molecule has 5 heteroatoms. The van der Waals surface area contributed by atoms with Crippen LogP contribution in [0, 0.1) is 0 Å². The van der Waals surface area contributed by atoms with Crippen LogP contribution in [0.5, 0.6) is 0 Å². The number of nitrogens with one attached hydrogen (secondary N) is 1. The van der Waals surface area contributed by atoms with Crippen LogP contribution in [0.4, 0.5) is 0 Å². The van der Waals surface area contributed by atoms with Crippen molar-refractivity contribution in [2.75, 3.05) is 13.1 Å². The minimum absolute atomic E-state index is 0.127. The Morgan fingerprint density at radius 2 is 1.84 bits per heavy atom. The van der Waals surface area contributed by atoms with E-state index in [9.17, 15) is 9.59 Å². The topological polar surface area (TPSA) is 62.3 Å². The fraction of sp³-hybridized carbons (Fsp3) is 0.350. The average Bonchev–Trinajstić information content (AvgIpc) is 2.67. The smallest absolute Gasteiger partial charge is 0.272 e. The van der Waals surface area contributed by atoms with Crippen LogP contribution in [-0.2, 0) is 13.0 Å². The lowest BCUT2D eigenvalue weighted by Crippen LogP contribution is -2.36. The summed E-state index contributed by atoms with van der Waals surface area (Å²) in [6.07, 6.45) is 2.79. The molecule has 25 heavy (non-hydrogen) atoms. The summed E-state index contributed by atoms with van der Waals surface area (Å²) in [7, 11) is 0. The van der Waals surface area contributed by atoms with E-state index < -0.39 is 0 Å². The van der Waals surface area contributed by atoms with E-state index in [0.29, 0.717) is 31.0 Å². The van der Waals surface area contributed by atoms with Crippen LogP contribution < -0.4 is 5.32 Å². The number of hydrogen-bond donors (Lipinski definition) is 1. The Morgan fingerprint density at radius 3 is 2.64 bits per heavy atom. The molecule has 0 radical (unpaired) electrons. The van der Waals surface area contributed by atoms with Crippen molar-refractivity contribution < 1.29 is 9.59 Å². The lowest BCUT2D eigenvalue weighted by molar-refractivity contribution is 0.0728. The molecule has 1 N–H and O–H groups in total. The van der Waals surface area contributed by atoms with Crippen LogP contribution in [0.25, 0.3) is 0 Å². The molecule has 1 aliphatic heterocycles. The molecule has 0 saturated heterocycles. The molecule has 0 fully saturated rings. The molecule has 0 aliphatic carbocycles. The summed E-state index contributed by atoms with van der Waals surface area (Å²) >= 11 is 0. The highest BCUT2D eigenvalue weighted by Gasteiger charge is 2.23. The van der Waals surface area contributed by atoms with Gasteiger partial charge in [0.1, 0.15) is 11.4 Å². The number of hydrogen-bond acceptors (Lipinski definition) is 3. The zero-order valence-electron chi connectivity index (χ0n) is 14.5. The van der Waals surface area contributed by atoms with Gasteiger partial charge in [-0.05, 0) is 36.1 Å². The average molecular weight is 337 g/mol. The fourth-order valence-electron chi connectivity index (χ4n) is 2.98. The third-order valence-electron chi connectivity index (χ3n) is 4.43. The van der Waals surface area contributed by atoms with E-state index in [0.717, 1.165) is 19.3 Å². The van der Waals surface area contributed by atoms with E-state index in [-0.39, 0.29) is 11.8 Å². The number of carbonyl (C=O) groups is 2. The number of nitrogens with zero attached hydrogens (tertiary/aromatic N) is 2. The van der Waals surface area contributed by atoms with Crippen LogP contribution in [0.15, 0.2) is 42.5 Å². The Bertz CT molecular complexity index is 773. The number of rotatable bonds is 5. The van der Waals surface area contributed by atoms with Crippen LogP contribution in [0.1, 0.15) is 51.9 Å². The molecule has 1 aromatic heterocycles.